The van der Waals surface area contributed by atoms with Gasteiger partial charge in [-0.1, -0.05) is 19.1 Å². The highest BCUT2D eigenvalue weighted by atomic mass is 16.5. The molecule has 19 heavy (non-hydrogen) atoms. The van der Waals surface area contributed by atoms with Gasteiger partial charge in [-0.15, -0.1) is 0 Å². The van der Waals surface area contributed by atoms with Crippen LogP contribution in [0, 0.1) is 0 Å². The Bertz CT molecular complexity index is 371. The maximum atomic E-state index is 9.79. The third-order valence-electron chi connectivity index (χ3n) is 3.86. The second-order valence-electron chi connectivity index (χ2n) is 5.38. The van der Waals surface area contributed by atoms with E-state index in [9.17, 15) is 5.11 Å². The lowest BCUT2D eigenvalue weighted by Crippen LogP contribution is -2.33. The van der Waals surface area contributed by atoms with Crippen LogP contribution in [-0.2, 0) is 4.74 Å². The van der Waals surface area contributed by atoms with E-state index < -0.39 is 0 Å². The van der Waals surface area contributed by atoms with Gasteiger partial charge in [-0.25, -0.2) is 0 Å². The Labute approximate surface area is 116 Å². The molecule has 2 rings (SSSR count). The molecule has 0 spiro atoms. The molecule has 106 valence electrons. The topological polar surface area (TPSA) is 32.7 Å². The Kier molecular flexibility index (Phi) is 5.23. The van der Waals surface area contributed by atoms with Crippen molar-refractivity contribution in [3.63, 3.8) is 0 Å². The molecule has 0 aromatic heterocycles. The number of rotatable bonds is 5. The fourth-order valence-corrected chi connectivity index (χ4v) is 2.55. The van der Waals surface area contributed by atoms with Crippen LogP contribution in [0.1, 0.15) is 44.3 Å². The zero-order chi connectivity index (χ0) is 13.7. The van der Waals surface area contributed by atoms with Crippen LogP contribution >= 0.6 is 0 Å². The van der Waals surface area contributed by atoms with Crippen molar-refractivity contribution in [2.24, 2.45) is 0 Å². The minimum Gasteiger partial charge on any atom is -0.388 e. The average molecular weight is 263 g/mol. The largest absolute Gasteiger partial charge is 0.388 e. The van der Waals surface area contributed by atoms with E-state index in [4.69, 9.17) is 4.74 Å². The fraction of sp³-hybridized carbons (Fsp3) is 0.625. The lowest BCUT2D eigenvalue weighted by molar-refractivity contribution is 0.0216. The number of benzene rings is 1. The van der Waals surface area contributed by atoms with Crippen molar-refractivity contribution in [1.29, 1.82) is 0 Å². The molecule has 1 aliphatic heterocycles. The Hall–Kier alpha value is -1.06. The van der Waals surface area contributed by atoms with Crippen molar-refractivity contribution in [3.05, 3.63) is 29.8 Å². The highest BCUT2D eigenvalue weighted by Gasteiger charge is 2.16. The quantitative estimate of drug-likeness (QED) is 0.886. The maximum Gasteiger partial charge on any atom is 0.0787 e. The molecule has 1 heterocycles. The number of hydrogen-bond donors (Lipinski definition) is 1. The Morgan fingerprint density at radius 1 is 1.32 bits per heavy atom. The first kappa shape index (κ1) is 14.4. The predicted octanol–water partition coefficient (Wildman–Crippen LogP) is 3.14. The van der Waals surface area contributed by atoms with Crippen molar-refractivity contribution in [2.45, 2.75) is 44.8 Å². The minimum atomic E-state index is -0.346. The van der Waals surface area contributed by atoms with E-state index in [1.807, 2.05) is 19.1 Å². The van der Waals surface area contributed by atoms with Gasteiger partial charge in [0.25, 0.3) is 0 Å². The molecule has 1 aromatic rings. The van der Waals surface area contributed by atoms with E-state index in [2.05, 4.69) is 24.1 Å². The maximum absolute atomic E-state index is 9.79. The van der Waals surface area contributed by atoms with E-state index >= 15 is 0 Å². The fourth-order valence-electron chi connectivity index (χ4n) is 2.55. The van der Waals surface area contributed by atoms with Gasteiger partial charge in [0.2, 0.25) is 0 Å². The Balaban J connectivity index is 1.93. The van der Waals surface area contributed by atoms with E-state index in [1.54, 1.807) is 0 Å². The van der Waals surface area contributed by atoms with Gasteiger partial charge in [0.05, 0.1) is 12.2 Å². The summed E-state index contributed by atoms with van der Waals surface area (Å²) in [6, 6.07) is 8.19. The number of hydrogen-bond acceptors (Lipinski definition) is 3. The van der Waals surface area contributed by atoms with Gasteiger partial charge >= 0.3 is 0 Å². The average Bonchev–Trinajstić information content (AvgIpc) is 2.47. The van der Waals surface area contributed by atoms with Gasteiger partial charge in [-0.05, 0) is 43.4 Å². The third-order valence-corrected chi connectivity index (χ3v) is 3.86. The summed E-state index contributed by atoms with van der Waals surface area (Å²) in [4.78, 5) is 2.23. The number of likely N-dealkylation sites (N-methyl/N-ethyl adjacent to an activating group) is 1. The molecule has 1 aliphatic rings. The molecule has 2 atom stereocenters. The van der Waals surface area contributed by atoms with Crippen LogP contribution in [0.5, 0.6) is 0 Å². The lowest BCUT2D eigenvalue weighted by Gasteiger charge is -2.28. The molecule has 1 N–H and O–H groups in total. The zero-order valence-electron chi connectivity index (χ0n) is 12.0. The van der Waals surface area contributed by atoms with Crippen molar-refractivity contribution in [3.8, 4) is 0 Å². The molecule has 0 radical (unpaired) electrons. The molecule has 0 amide bonds. The van der Waals surface area contributed by atoms with Crippen LogP contribution in [0.25, 0.3) is 0 Å². The summed E-state index contributed by atoms with van der Waals surface area (Å²) in [6.45, 7) is 3.83. The third kappa shape index (κ3) is 3.95. The molecule has 2 unspecified atom stereocenters. The SMILES string of the molecule is CCC(O)c1ccc(N(C)CC2CCCCO2)cc1. The summed E-state index contributed by atoms with van der Waals surface area (Å²) >= 11 is 0. The summed E-state index contributed by atoms with van der Waals surface area (Å²) in [5, 5.41) is 9.79. The van der Waals surface area contributed by atoms with Gasteiger partial charge < -0.3 is 14.7 Å². The molecule has 1 aromatic carbocycles. The van der Waals surface area contributed by atoms with E-state index in [-0.39, 0.29) is 6.10 Å². The predicted molar refractivity (Wildman–Crippen MR) is 78.6 cm³/mol. The number of aliphatic hydroxyl groups is 1. The van der Waals surface area contributed by atoms with Gasteiger partial charge in [0.1, 0.15) is 0 Å². The molecule has 0 bridgehead atoms. The summed E-state index contributed by atoms with van der Waals surface area (Å²) in [6.07, 6.45) is 4.41. The van der Waals surface area contributed by atoms with Crippen molar-refractivity contribution < 1.29 is 9.84 Å². The highest BCUT2D eigenvalue weighted by molar-refractivity contribution is 5.47. The van der Waals surface area contributed by atoms with Crippen LogP contribution in [0.15, 0.2) is 24.3 Å². The van der Waals surface area contributed by atoms with E-state index in [0.29, 0.717) is 6.10 Å². The van der Waals surface area contributed by atoms with Gasteiger partial charge in [-0.2, -0.15) is 0 Å². The normalized spacial score (nSPS) is 21.1. The van der Waals surface area contributed by atoms with Gasteiger partial charge in [-0.3, -0.25) is 0 Å². The summed E-state index contributed by atoms with van der Waals surface area (Å²) in [5.74, 6) is 0. The summed E-state index contributed by atoms with van der Waals surface area (Å²) in [7, 11) is 2.10. The molecular weight excluding hydrogens is 238 g/mol. The lowest BCUT2D eigenvalue weighted by atomic mass is 10.1. The summed E-state index contributed by atoms with van der Waals surface area (Å²) in [5.41, 5.74) is 2.18. The van der Waals surface area contributed by atoms with Crippen LogP contribution in [-0.4, -0.2) is 31.4 Å². The first-order valence-corrected chi connectivity index (χ1v) is 7.31. The second-order valence-corrected chi connectivity index (χ2v) is 5.38. The second kappa shape index (κ2) is 6.92. The van der Waals surface area contributed by atoms with Gasteiger partial charge in [0.15, 0.2) is 0 Å². The first-order valence-electron chi connectivity index (χ1n) is 7.31. The highest BCUT2D eigenvalue weighted by Crippen LogP contribution is 2.22. The molecule has 0 saturated carbocycles. The van der Waals surface area contributed by atoms with Crippen molar-refractivity contribution >= 4 is 5.69 Å². The van der Waals surface area contributed by atoms with E-state index in [1.165, 1.54) is 18.5 Å². The first-order chi connectivity index (χ1) is 9.20. The number of aliphatic hydroxyl groups excluding tert-OH is 1. The number of nitrogens with zero attached hydrogens (tertiary/aromatic N) is 1. The van der Waals surface area contributed by atoms with Crippen molar-refractivity contribution in [2.75, 3.05) is 25.1 Å². The van der Waals surface area contributed by atoms with Crippen LogP contribution in [0.2, 0.25) is 0 Å². The minimum absolute atomic E-state index is 0.346. The van der Waals surface area contributed by atoms with E-state index in [0.717, 1.165) is 31.6 Å². The summed E-state index contributed by atoms with van der Waals surface area (Å²) < 4.78 is 5.77. The molecular formula is C16H25NO2. The number of ether oxygens (including phenoxy) is 1. The molecule has 3 nitrogen and oxygen atoms in total. The Morgan fingerprint density at radius 2 is 2.05 bits per heavy atom. The Morgan fingerprint density at radius 3 is 2.63 bits per heavy atom. The van der Waals surface area contributed by atoms with Crippen molar-refractivity contribution in [1.82, 2.24) is 0 Å². The smallest absolute Gasteiger partial charge is 0.0787 e. The van der Waals surface area contributed by atoms with Crippen LogP contribution < -0.4 is 4.90 Å². The molecule has 1 saturated heterocycles. The number of anilines is 1. The molecule has 0 aliphatic carbocycles. The van der Waals surface area contributed by atoms with Crippen LogP contribution in [0.3, 0.4) is 0 Å². The van der Waals surface area contributed by atoms with Gasteiger partial charge in [0, 0.05) is 25.9 Å². The molecule has 3 heteroatoms. The standard InChI is InChI=1S/C16H25NO2/c1-3-16(18)13-7-9-14(10-8-13)17(2)12-15-6-4-5-11-19-15/h7-10,15-16,18H,3-6,11-12H2,1-2H3. The monoisotopic (exact) mass is 263 g/mol. The van der Waals surface area contributed by atoms with Crippen LogP contribution in [0.4, 0.5) is 5.69 Å². The molecule has 1 fully saturated rings. The zero-order valence-corrected chi connectivity index (χ0v) is 12.0.